The first-order chi connectivity index (χ1) is 14.9. The van der Waals surface area contributed by atoms with E-state index in [9.17, 15) is 14.4 Å². The van der Waals surface area contributed by atoms with Crippen molar-refractivity contribution in [3.63, 3.8) is 0 Å². The molecule has 0 radical (unpaired) electrons. The lowest BCUT2D eigenvalue weighted by molar-refractivity contribution is -0.116. The van der Waals surface area contributed by atoms with Gasteiger partial charge in [0.25, 0.3) is 5.91 Å². The van der Waals surface area contributed by atoms with E-state index < -0.39 is 0 Å². The number of carbonyl (C=O) groups excluding carboxylic acids is 3. The lowest BCUT2D eigenvalue weighted by atomic mass is 10.2. The van der Waals surface area contributed by atoms with Crippen LogP contribution in [0.2, 0.25) is 5.02 Å². The van der Waals surface area contributed by atoms with Crippen molar-refractivity contribution in [1.82, 2.24) is 5.32 Å². The maximum Gasteiger partial charge on any atom is 0.251 e. The molecule has 2 aromatic rings. The van der Waals surface area contributed by atoms with Gasteiger partial charge in [-0.1, -0.05) is 37.9 Å². The van der Waals surface area contributed by atoms with Crippen LogP contribution in [0, 0.1) is 0 Å². The minimum absolute atomic E-state index is 0.0103. The third-order valence-corrected chi connectivity index (χ3v) is 4.72. The number of rotatable bonds is 11. The first-order valence-electron chi connectivity index (χ1n) is 10.4. The fourth-order valence-corrected chi connectivity index (χ4v) is 2.94. The summed E-state index contributed by atoms with van der Waals surface area (Å²) in [5.74, 6) is -0.547. The van der Waals surface area contributed by atoms with Crippen molar-refractivity contribution in [2.45, 2.75) is 39.5 Å². The largest absolute Gasteiger partial charge is 0.376 e. The number of hydrogen-bond acceptors (Lipinski definition) is 4. The molecule has 2 rings (SSSR count). The maximum atomic E-state index is 12.4. The van der Waals surface area contributed by atoms with E-state index in [4.69, 9.17) is 11.6 Å². The Kier molecular flexibility index (Phi) is 9.84. The second kappa shape index (κ2) is 12.6. The molecule has 0 spiro atoms. The van der Waals surface area contributed by atoms with Crippen molar-refractivity contribution in [2.75, 3.05) is 29.0 Å². The molecule has 3 amide bonds. The second-order valence-corrected chi connectivity index (χ2v) is 7.49. The Morgan fingerprint density at radius 1 is 0.903 bits per heavy atom. The molecule has 8 heteroatoms. The molecule has 0 saturated heterocycles. The quantitative estimate of drug-likeness (QED) is 0.379. The van der Waals surface area contributed by atoms with E-state index in [0.29, 0.717) is 40.6 Å². The summed E-state index contributed by atoms with van der Waals surface area (Å²) in [6.45, 7) is 4.61. The number of hydrogen-bond donors (Lipinski definition) is 4. The number of halogens is 1. The Labute approximate surface area is 187 Å². The van der Waals surface area contributed by atoms with Gasteiger partial charge in [0, 0.05) is 29.9 Å². The van der Waals surface area contributed by atoms with Crippen molar-refractivity contribution in [2.24, 2.45) is 0 Å². The van der Waals surface area contributed by atoms with Crippen molar-refractivity contribution < 1.29 is 14.4 Å². The molecular weight excluding hydrogens is 416 g/mol. The van der Waals surface area contributed by atoms with Crippen molar-refractivity contribution >= 4 is 46.4 Å². The van der Waals surface area contributed by atoms with Gasteiger partial charge >= 0.3 is 0 Å². The van der Waals surface area contributed by atoms with Crippen LogP contribution in [0.3, 0.4) is 0 Å². The summed E-state index contributed by atoms with van der Waals surface area (Å²) in [5, 5.41) is 11.7. The fourth-order valence-electron chi connectivity index (χ4n) is 2.78. The molecule has 0 aliphatic carbocycles. The smallest absolute Gasteiger partial charge is 0.251 e. The van der Waals surface area contributed by atoms with Gasteiger partial charge in [-0.3, -0.25) is 14.4 Å². The Balaban J connectivity index is 1.93. The SMILES string of the molecule is CCCCNC(=O)c1cccc(NCC(=O)Nc2cc(NC(=O)CCC)ccc2Cl)c1. The van der Waals surface area contributed by atoms with Crippen LogP contribution in [-0.2, 0) is 9.59 Å². The van der Waals surface area contributed by atoms with Gasteiger partial charge in [-0.25, -0.2) is 0 Å². The van der Waals surface area contributed by atoms with E-state index in [1.165, 1.54) is 0 Å². The summed E-state index contributed by atoms with van der Waals surface area (Å²) < 4.78 is 0. The van der Waals surface area contributed by atoms with E-state index in [0.717, 1.165) is 19.3 Å². The molecule has 0 saturated carbocycles. The van der Waals surface area contributed by atoms with Gasteiger partial charge in [-0.15, -0.1) is 0 Å². The van der Waals surface area contributed by atoms with E-state index in [-0.39, 0.29) is 24.3 Å². The average Bonchev–Trinajstić information content (AvgIpc) is 2.75. The molecule has 0 bridgehead atoms. The molecule has 0 atom stereocenters. The minimum atomic E-state index is -0.309. The molecule has 0 fully saturated rings. The van der Waals surface area contributed by atoms with E-state index in [1.54, 1.807) is 42.5 Å². The number of nitrogens with one attached hydrogen (secondary N) is 4. The Morgan fingerprint density at radius 2 is 1.71 bits per heavy atom. The Morgan fingerprint density at radius 3 is 2.45 bits per heavy atom. The van der Waals surface area contributed by atoms with Gasteiger partial charge in [0.15, 0.2) is 0 Å². The van der Waals surface area contributed by atoms with Crippen molar-refractivity contribution in [3.05, 3.63) is 53.1 Å². The van der Waals surface area contributed by atoms with Crippen LogP contribution >= 0.6 is 11.6 Å². The summed E-state index contributed by atoms with van der Waals surface area (Å²) in [7, 11) is 0. The summed E-state index contributed by atoms with van der Waals surface area (Å²) in [6.07, 6.45) is 3.10. The zero-order chi connectivity index (χ0) is 22.6. The number of anilines is 3. The Hall–Kier alpha value is -3.06. The van der Waals surface area contributed by atoms with Crippen LogP contribution in [0.15, 0.2) is 42.5 Å². The maximum absolute atomic E-state index is 12.4. The monoisotopic (exact) mass is 444 g/mol. The van der Waals surface area contributed by atoms with E-state index in [1.807, 2.05) is 6.92 Å². The Bertz CT molecular complexity index is 917. The van der Waals surface area contributed by atoms with Gasteiger partial charge in [0.2, 0.25) is 11.8 Å². The van der Waals surface area contributed by atoms with E-state index in [2.05, 4.69) is 28.2 Å². The zero-order valence-corrected chi connectivity index (χ0v) is 18.6. The van der Waals surface area contributed by atoms with Gasteiger partial charge < -0.3 is 21.3 Å². The number of benzene rings is 2. The molecule has 0 aliphatic heterocycles. The third-order valence-electron chi connectivity index (χ3n) is 4.39. The first-order valence-corrected chi connectivity index (χ1v) is 10.8. The predicted octanol–water partition coefficient (Wildman–Crippen LogP) is 4.66. The highest BCUT2D eigenvalue weighted by molar-refractivity contribution is 6.33. The molecule has 166 valence electrons. The third kappa shape index (κ3) is 8.30. The summed E-state index contributed by atoms with van der Waals surface area (Å²) in [4.78, 5) is 36.3. The predicted molar refractivity (Wildman–Crippen MR) is 126 cm³/mol. The van der Waals surface area contributed by atoms with Gasteiger partial charge in [0.05, 0.1) is 17.3 Å². The van der Waals surface area contributed by atoms with Crippen LogP contribution in [0.1, 0.15) is 49.9 Å². The molecule has 0 aliphatic rings. The number of amides is 3. The van der Waals surface area contributed by atoms with Gasteiger partial charge in [0.1, 0.15) is 0 Å². The zero-order valence-electron chi connectivity index (χ0n) is 17.9. The summed E-state index contributed by atoms with van der Waals surface area (Å²) in [5.41, 5.74) is 2.16. The minimum Gasteiger partial charge on any atom is -0.376 e. The van der Waals surface area contributed by atoms with Crippen LogP contribution in [0.5, 0.6) is 0 Å². The van der Waals surface area contributed by atoms with Crippen LogP contribution in [0.4, 0.5) is 17.1 Å². The van der Waals surface area contributed by atoms with Crippen molar-refractivity contribution in [1.29, 1.82) is 0 Å². The topological polar surface area (TPSA) is 99.3 Å². The van der Waals surface area contributed by atoms with Crippen LogP contribution < -0.4 is 21.3 Å². The van der Waals surface area contributed by atoms with Gasteiger partial charge in [-0.2, -0.15) is 0 Å². The first kappa shape index (κ1) is 24.2. The fraction of sp³-hybridized carbons (Fsp3) is 0.348. The number of carbonyl (C=O) groups is 3. The lowest BCUT2D eigenvalue weighted by Crippen LogP contribution is -2.25. The highest BCUT2D eigenvalue weighted by Gasteiger charge is 2.10. The van der Waals surface area contributed by atoms with Crippen molar-refractivity contribution in [3.8, 4) is 0 Å². The summed E-state index contributed by atoms with van der Waals surface area (Å²) in [6, 6.07) is 11.9. The van der Waals surface area contributed by atoms with E-state index >= 15 is 0 Å². The molecule has 7 nitrogen and oxygen atoms in total. The molecule has 0 unspecified atom stereocenters. The standard InChI is InChI=1S/C23H29ClN4O3/c1-3-5-12-25-23(31)16-8-6-9-17(13-16)26-15-22(30)28-20-14-18(10-11-19(20)24)27-21(29)7-4-2/h6,8-11,13-14,26H,3-5,7,12,15H2,1-2H3,(H,25,31)(H,27,29)(H,28,30). The lowest BCUT2D eigenvalue weighted by Gasteiger charge is -2.12. The number of unbranched alkanes of at least 4 members (excludes halogenated alkanes) is 1. The summed E-state index contributed by atoms with van der Waals surface area (Å²) >= 11 is 6.17. The molecule has 0 heterocycles. The molecular formula is C23H29ClN4O3. The average molecular weight is 445 g/mol. The normalized spacial score (nSPS) is 10.3. The van der Waals surface area contributed by atoms with Crippen LogP contribution in [-0.4, -0.2) is 30.8 Å². The highest BCUT2D eigenvalue weighted by Crippen LogP contribution is 2.25. The molecule has 0 aromatic heterocycles. The second-order valence-electron chi connectivity index (χ2n) is 7.08. The molecule has 31 heavy (non-hydrogen) atoms. The highest BCUT2D eigenvalue weighted by atomic mass is 35.5. The molecule has 4 N–H and O–H groups in total. The van der Waals surface area contributed by atoms with Crippen LogP contribution in [0.25, 0.3) is 0 Å². The van der Waals surface area contributed by atoms with Gasteiger partial charge in [-0.05, 0) is 49.2 Å². The molecule has 2 aromatic carbocycles.